The van der Waals surface area contributed by atoms with Crippen LogP contribution in [0.5, 0.6) is 0 Å². The summed E-state index contributed by atoms with van der Waals surface area (Å²) in [5.41, 5.74) is 9.64. The molecule has 0 radical (unpaired) electrons. The van der Waals surface area contributed by atoms with Gasteiger partial charge in [-0.2, -0.15) is 0 Å². The second-order valence-electron chi connectivity index (χ2n) is 4.71. The van der Waals surface area contributed by atoms with Crippen molar-refractivity contribution in [2.45, 2.75) is 0 Å². The molecule has 1 heterocycles. The van der Waals surface area contributed by atoms with Gasteiger partial charge in [-0.25, -0.2) is 4.98 Å². The highest BCUT2D eigenvalue weighted by Crippen LogP contribution is 2.24. The zero-order valence-corrected chi connectivity index (χ0v) is 10.5. The predicted octanol–water partition coefficient (Wildman–Crippen LogP) is 3.04. The minimum atomic E-state index is 0.748. The molecule has 3 rings (SSSR count). The monoisotopic (exact) mass is 237 g/mol. The molecule has 2 aromatic carbocycles. The van der Waals surface area contributed by atoms with E-state index in [4.69, 9.17) is 5.73 Å². The molecule has 0 fully saturated rings. The SMILES string of the molecule is CN(C)c1ccc2cc3ccc(N)cc3nc2c1. The highest BCUT2D eigenvalue weighted by atomic mass is 15.1. The van der Waals surface area contributed by atoms with Crippen LogP contribution in [0.15, 0.2) is 42.5 Å². The third-order valence-electron chi connectivity index (χ3n) is 3.14. The summed E-state index contributed by atoms with van der Waals surface area (Å²) in [6, 6.07) is 14.3. The van der Waals surface area contributed by atoms with Crippen LogP contribution in [-0.4, -0.2) is 19.1 Å². The number of nitrogens with zero attached hydrogens (tertiary/aromatic N) is 2. The van der Waals surface area contributed by atoms with Crippen LogP contribution in [0.3, 0.4) is 0 Å². The van der Waals surface area contributed by atoms with E-state index in [0.29, 0.717) is 0 Å². The summed E-state index contributed by atoms with van der Waals surface area (Å²) in [5.74, 6) is 0. The zero-order valence-electron chi connectivity index (χ0n) is 10.5. The Labute approximate surface area is 106 Å². The number of rotatable bonds is 1. The van der Waals surface area contributed by atoms with Crippen molar-refractivity contribution in [3.63, 3.8) is 0 Å². The molecule has 1 aromatic heterocycles. The Kier molecular flexibility index (Phi) is 2.33. The van der Waals surface area contributed by atoms with Crippen molar-refractivity contribution < 1.29 is 0 Å². The predicted molar refractivity (Wildman–Crippen MR) is 78.0 cm³/mol. The van der Waals surface area contributed by atoms with Gasteiger partial charge in [0.15, 0.2) is 0 Å². The van der Waals surface area contributed by atoms with Gasteiger partial charge in [-0.3, -0.25) is 0 Å². The number of pyridine rings is 1. The van der Waals surface area contributed by atoms with Gasteiger partial charge in [0.1, 0.15) is 0 Å². The first kappa shape index (κ1) is 10.8. The van der Waals surface area contributed by atoms with E-state index in [2.05, 4.69) is 34.1 Å². The maximum atomic E-state index is 5.80. The molecular weight excluding hydrogens is 222 g/mol. The number of aromatic nitrogens is 1. The fraction of sp³-hybridized carbons (Fsp3) is 0.133. The van der Waals surface area contributed by atoms with E-state index in [1.54, 1.807) is 0 Å². The van der Waals surface area contributed by atoms with Crippen molar-refractivity contribution in [3.05, 3.63) is 42.5 Å². The first-order valence-electron chi connectivity index (χ1n) is 5.91. The molecule has 0 amide bonds. The van der Waals surface area contributed by atoms with Crippen LogP contribution in [0.4, 0.5) is 11.4 Å². The Morgan fingerprint density at radius 1 is 0.889 bits per heavy atom. The van der Waals surface area contributed by atoms with Crippen LogP contribution < -0.4 is 10.6 Å². The standard InChI is InChI=1S/C15H15N3/c1-18(2)13-6-4-11-7-10-3-5-12(16)8-14(10)17-15(11)9-13/h3-9H,16H2,1-2H3. The Morgan fingerprint density at radius 3 is 2.28 bits per heavy atom. The van der Waals surface area contributed by atoms with Crippen LogP contribution in [0.25, 0.3) is 21.8 Å². The van der Waals surface area contributed by atoms with Gasteiger partial charge in [-0.05, 0) is 30.3 Å². The quantitative estimate of drug-likeness (QED) is 0.522. The number of nitrogens with two attached hydrogens (primary N) is 1. The summed E-state index contributed by atoms with van der Waals surface area (Å²) in [4.78, 5) is 6.75. The Morgan fingerprint density at radius 2 is 1.56 bits per heavy atom. The van der Waals surface area contributed by atoms with Crippen molar-refractivity contribution in [3.8, 4) is 0 Å². The Hall–Kier alpha value is -2.29. The molecule has 18 heavy (non-hydrogen) atoms. The van der Waals surface area contributed by atoms with E-state index in [0.717, 1.165) is 33.2 Å². The molecule has 0 unspecified atom stereocenters. The fourth-order valence-electron chi connectivity index (χ4n) is 2.11. The van der Waals surface area contributed by atoms with Crippen LogP contribution >= 0.6 is 0 Å². The number of hydrogen-bond donors (Lipinski definition) is 1. The fourth-order valence-corrected chi connectivity index (χ4v) is 2.11. The van der Waals surface area contributed by atoms with Gasteiger partial charge in [-0.15, -0.1) is 0 Å². The lowest BCUT2D eigenvalue weighted by atomic mass is 10.1. The molecule has 2 N–H and O–H groups in total. The van der Waals surface area contributed by atoms with Gasteiger partial charge in [0.25, 0.3) is 0 Å². The zero-order chi connectivity index (χ0) is 12.7. The normalized spacial score (nSPS) is 11.0. The molecule has 0 bridgehead atoms. The van der Waals surface area contributed by atoms with Gasteiger partial charge in [-0.1, -0.05) is 12.1 Å². The van der Waals surface area contributed by atoms with E-state index in [1.165, 1.54) is 0 Å². The highest BCUT2D eigenvalue weighted by Gasteiger charge is 2.02. The first-order chi connectivity index (χ1) is 8.63. The molecule has 3 aromatic rings. The van der Waals surface area contributed by atoms with Gasteiger partial charge >= 0.3 is 0 Å². The molecule has 0 aliphatic rings. The van der Waals surface area contributed by atoms with Crippen molar-refractivity contribution in [2.24, 2.45) is 0 Å². The second-order valence-corrected chi connectivity index (χ2v) is 4.71. The van der Waals surface area contributed by atoms with Crippen molar-refractivity contribution >= 4 is 33.2 Å². The number of benzene rings is 2. The molecule has 0 saturated carbocycles. The lowest BCUT2D eigenvalue weighted by Gasteiger charge is -2.13. The molecule has 0 aliphatic carbocycles. The van der Waals surface area contributed by atoms with Gasteiger partial charge in [0.05, 0.1) is 11.0 Å². The van der Waals surface area contributed by atoms with E-state index in [9.17, 15) is 0 Å². The summed E-state index contributed by atoms with van der Waals surface area (Å²) < 4.78 is 0. The van der Waals surface area contributed by atoms with Crippen LogP contribution in [-0.2, 0) is 0 Å². The summed E-state index contributed by atoms with van der Waals surface area (Å²) in [5, 5.41) is 2.27. The molecule has 90 valence electrons. The van der Waals surface area contributed by atoms with E-state index in [1.807, 2.05) is 32.3 Å². The van der Waals surface area contributed by atoms with Gasteiger partial charge < -0.3 is 10.6 Å². The molecule has 0 aliphatic heterocycles. The largest absolute Gasteiger partial charge is 0.399 e. The number of fused-ring (bicyclic) bond motifs is 2. The third-order valence-corrected chi connectivity index (χ3v) is 3.14. The smallest absolute Gasteiger partial charge is 0.0730 e. The van der Waals surface area contributed by atoms with Crippen molar-refractivity contribution in [1.29, 1.82) is 0 Å². The van der Waals surface area contributed by atoms with Crippen LogP contribution in [0.2, 0.25) is 0 Å². The minimum absolute atomic E-state index is 0.748. The van der Waals surface area contributed by atoms with Crippen molar-refractivity contribution in [2.75, 3.05) is 24.7 Å². The van der Waals surface area contributed by atoms with Crippen LogP contribution in [0.1, 0.15) is 0 Å². The summed E-state index contributed by atoms with van der Waals surface area (Å²) >= 11 is 0. The summed E-state index contributed by atoms with van der Waals surface area (Å²) in [6.45, 7) is 0. The highest BCUT2D eigenvalue weighted by molar-refractivity contribution is 5.94. The molecule has 3 heteroatoms. The molecule has 0 atom stereocenters. The number of nitrogen functional groups attached to an aromatic ring is 1. The topological polar surface area (TPSA) is 42.1 Å². The molecule has 0 saturated heterocycles. The van der Waals surface area contributed by atoms with E-state index in [-0.39, 0.29) is 0 Å². The molecule has 0 spiro atoms. The molecular formula is C15H15N3. The van der Waals surface area contributed by atoms with Gasteiger partial charge in [0, 0.05) is 36.2 Å². The minimum Gasteiger partial charge on any atom is -0.399 e. The number of anilines is 2. The second kappa shape index (κ2) is 3.88. The van der Waals surface area contributed by atoms with Crippen molar-refractivity contribution in [1.82, 2.24) is 4.98 Å². The maximum Gasteiger partial charge on any atom is 0.0730 e. The lowest BCUT2D eigenvalue weighted by molar-refractivity contribution is 1.13. The summed E-state index contributed by atoms with van der Waals surface area (Å²) in [7, 11) is 4.06. The average Bonchev–Trinajstić information content (AvgIpc) is 2.35. The lowest BCUT2D eigenvalue weighted by Crippen LogP contribution is -2.08. The first-order valence-corrected chi connectivity index (χ1v) is 5.91. The maximum absolute atomic E-state index is 5.80. The Bertz CT molecular complexity index is 732. The average molecular weight is 237 g/mol. The van der Waals surface area contributed by atoms with E-state index >= 15 is 0 Å². The summed E-state index contributed by atoms with van der Waals surface area (Å²) in [6.07, 6.45) is 0. The Balaban J connectivity index is 2.31. The van der Waals surface area contributed by atoms with Crippen LogP contribution in [0, 0.1) is 0 Å². The third kappa shape index (κ3) is 1.74. The van der Waals surface area contributed by atoms with E-state index < -0.39 is 0 Å². The number of hydrogen-bond acceptors (Lipinski definition) is 3. The molecule has 3 nitrogen and oxygen atoms in total. The van der Waals surface area contributed by atoms with Gasteiger partial charge in [0.2, 0.25) is 0 Å².